The van der Waals surface area contributed by atoms with E-state index in [1.807, 2.05) is 9.47 Å². The minimum Gasteiger partial charge on any atom is -0.447 e. The van der Waals surface area contributed by atoms with Crippen LogP contribution in [0, 0.1) is 0 Å². The van der Waals surface area contributed by atoms with Gasteiger partial charge in [-0.25, -0.2) is 14.8 Å². The second kappa shape index (κ2) is 4.48. The molecular weight excluding hydrogens is 243 g/mol. The van der Waals surface area contributed by atoms with Crippen molar-refractivity contribution in [2.45, 2.75) is 5.33 Å². The number of rotatable bonds is 2. The number of hydrogen-bond acceptors (Lipinski definition) is 4. The number of halogens is 1. The fourth-order valence-electron chi connectivity index (χ4n) is 0.696. The lowest BCUT2D eigenvalue weighted by atomic mass is 10.2. The Morgan fingerprint density at radius 1 is 1.75 bits per heavy atom. The largest absolute Gasteiger partial charge is 0.447 e. The molecule has 0 N–H and O–H groups in total. The van der Waals surface area contributed by atoms with Gasteiger partial charge in [0.05, 0.1) is 9.47 Å². The van der Waals surface area contributed by atoms with Gasteiger partial charge in [0.2, 0.25) is 0 Å². The molecule has 12 heavy (non-hydrogen) atoms. The first-order chi connectivity index (χ1) is 5.79. The molecule has 1 aromatic heterocycles. The zero-order valence-electron chi connectivity index (χ0n) is 6.03. The van der Waals surface area contributed by atoms with Crippen LogP contribution in [0.25, 0.3) is 0 Å². The Kier molecular flexibility index (Phi) is 3.56. The lowest BCUT2D eigenvalue weighted by Crippen LogP contribution is -2.05. The van der Waals surface area contributed by atoms with Gasteiger partial charge in [0.25, 0.3) is 0 Å². The van der Waals surface area contributed by atoms with Crippen molar-refractivity contribution in [1.82, 2.24) is 9.97 Å². The number of carbonyl (C=O) groups excluding carboxylic acids is 1. The second-order valence-electron chi connectivity index (χ2n) is 1.94. The summed E-state index contributed by atoms with van der Waals surface area (Å²) in [6.45, 7) is 0. The summed E-state index contributed by atoms with van der Waals surface area (Å²) < 4.78 is 4.45. The molecule has 1 aromatic rings. The van der Waals surface area contributed by atoms with Gasteiger partial charge in [-0.15, -0.1) is 0 Å². The smallest absolute Gasteiger partial charge is 0.359 e. The van der Waals surface area contributed by atoms with E-state index < -0.39 is 5.97 Å². The van der Waals surface area contributed by atoms with E-state index in [1.165, 1.54) is 6.33 Å². The van der Waals surface area contributed by atoms with E-state index in [0.717, 1.165) is 0 Å². The van der Waals surface area contributed by atoms with Gasteiger partial charge in [-0.1, -0.05) is 15.9 Å². The van der Waals surface area contributed by atoms with E-state index in [-0.39, 0.29) is 5.69 Å². The maximum Gasteiger partial charge on any atom is 0.359 e. The van der Waals surface area contributed by atoms with Crippen LogP contribution in [0.3, 0.4) is 0 Å². The zero-order chi connectivity index (χ0) is 8.97. The molecule has 0 aromatic carbocycles. The van der Waals surface area contributed by atoms with Gasteiger partial charge in [-0.05, 0) is 0 Å². The Morgan fingerprint density at radius 2 is 2.50 bits per heavy atom. The average Bonchev–Trinajstić information content (AvgIpc) is 2.16. The molecule has 0 amide bonds. The highest BCUT2D eigenvalue weighted by atomic mass is 79.9. The first-order valence-electron chi connectivity index (χ1n) is 3.05. The molecule has 0 aliphatic rings. The maximum absolute atomic E-state index is 11.0. The van der Waals surface area contributed by atoms with Crippen molar-refractivity contribution in [2.24, 2.45) is 0 Å². The maximum atomic E-state index is 11.0. The highest BCUT2D eigenvalue weighted by Crippen LogP contribution is 2.10. The standard InChI is InChI=1S/C6H6BrN2O2P/c7-1-4-2-8-3-9-5(4)6(10)11-12/h2-3H,1,12H2. The third-order valence-corrected chi connectivity index (χ3v) is 2.05. The van der Waals surface area contributed by atoms with Crippen molar-refractivity contribution in [3.8, 4) is 0 Å². The SMILES string of the molecule is O=C(OP)c1ncncc1CBr. The minimum atomic E-state index is -0.475. The van der Waals surface area contributed by atoms with Crippen LogP contribution >= 0.6 is 25.4 Å². The third-order valence-electron chi connectivity index (χ3n) is 1.23. The Hall–Kier alpha value is -0.540. The molecule has 0 saturated heterocycles. The van der Waals surface area contributed by atoms with Crippen LogP contribution in [-0.4, -0.2) is 15.9 Å². The summed E-state index contributed by atoms with van der Waals surface area (Å²) in [5, 5.41) is 0.531. The molecule has 0 saturated carbocycles. The summed E-state index contributed by atoms with van der Waals surface area (Å²) in [6, 6.07) is 0. The van der Waals surface area contributed by atoms with Gasteiger partial charge in [0.15, 0.2) is 5.69 Å². The monoisotopic (exact) mass is 248 g/mol. The summed E-state index contributed by atoms with van der Waals surface area (Å²) in [7, 11) is 1.89. The third kappa shape index (κ3) is 1.99. The van der Waals surface area contributed by atoms with E-state index in [0.29, 0.717) is 10.9 Å². The summed E-state index contributed by atoms with van der Waals surface area (Å²) in [6.07, 6.45) is 2.88. The van der Waals surface area contributed by atoms with Crippen molar-refractivity contribution < 1.29 is 9.32 Å². The molecule has 0 aliphatic heterocycles. The quantitative estimate of drug-likeness (QED) is 0.585. The highest BCUT2D eigenvalue weighted by Gasteiger charge is 2.11. The first kappa shape index (κ1) is 9.55. The first-order valence-corrected chi connectivity index (χ1v) is 4.64. The number of alkyl halides is 1. The summed E-state index contributed by atoms with van der Waals surface area (Å²) >= 11 is 3.21. The van der Waals surface area contributed by atoms with Crippen LogP contribution in [0.5, 0.6) is 0 Å². The van der Waals surface area contributed by atoms with E-state index in [2.05, 4.69) is 30.4 Å². The number of carbonyl (C=O) groups is 1. The Labute approximate surface area is 80.2 Å². The van der Waals surface area contributed by atoms with Crippen molar-refractivity contribution in [1.29, 1.82) is 0 Å². The lowest BCUT2D eigenvalue weighted by molar-refractivity contribution is 0.0758. The fourth-order valence-corrected chi connectivity index (χ4v) is 1.22. The molecule has 6 heteroatoms. The van der Waals surface area contributed by atoms with E-state index in [9.17, 15) is 4.79 Å². The van der Waals surface area contributed by atoms with E-state index in [4.69, 9.17) is 0 Å². The topological polar surface area (TPSA) is 52.1 Å². The molecule has 0 fully saturated rings. The Balaban J connectivity index is 3.04. The Bertz CT molecular complexity index is 295. The summed E-state index contributed by atoms with van der Waals surface area (Å²) in [4.78, 5) is 18.6. The molecule has 0 radical (unpaired) electrons. The van der Waals surface area contributed by atoms with Crippen LogP contribution in [0.1, 0.15) is 16.1 Å². The molecule has 0 bridgehead atoms. The van der Waals surface area contributed by atoms with Crippen LogP contribution in [0.4, 0.5) is 0 Å². The molecule has 1 atom stereocenters. The molecule has 0 aliphatic carbocycles. The fraction of sp³-hybridized carbons (Fsp3) is 0.167. The Morgan fingerprint density at radius 3 is 3.08 bits per heavy atom. The predicted octanol–water partition coefficient (Wildman–Crippen LogP) is 1.32. The van der Waals surface area contributed by atoms with Gasteiger partial charge < -0.3 is 4.52 Å². The lowest BCUT2D eigenvalue weighted by Gasteiger charge is -2.01. The van der Waals surface area contributed by atoms with Crippen LogP contribution in [0.2, 0.25) is 0 Å². The van der Waals surface area contributed by atoms with Crippen molar-refractivity contribution in [3.63, 3.8) is 0 Å². The van der Waals surface area contributed by atoms with Gasteiger partial charge in [0, 0.05) is 17.1 Å². The summed E-state index contributed by atoms with van der Waals surface area (Å²) in [5.74, 6) is -0.475. The molecule has 1 heterocycles. The molecule has 1 rings (SSSR count). The normalized spacial score (nSPS) is 9.50. The zero-order valence-corrected chi connectivity index (χ0v) is 8.77. The predicted molar refractivity (Wildman–Crippen MR) is 49.8 cm³/mol. The molecule has 64 valence electrons. The van der Waals surface area contributed by atoms with Crippen molar-refractivity contribution in [2.75, 3.05) is 0 Å². The van der Waals surface area contributed by atoms with Gasteiger partial charge >= 0.3 is 5.97 Å². The van der Waals surface area contributed by atoms with Crippen LogP contribution < -0.4 is 0 Å². The molecule has 1 unspecified atom stereocenters. The highest BCUT2D eigenvalue weighted by molar-refractivity contribution is 9.08. The minimum absolute atomic E-state index is 0.289. The van der Waals surface area contributed by atoms with Crippen LogP contribution in [0.15, 0.2) is 12.5 Å². The van der Waals surface area contributed by atoms with Crippen LogP contribution in [-0.2, 0) is 9.85 Å². The average molecular weight is 249 g/mol. The molecule has 4 nitrogen and oxygen atoms in total. The van der Waals surface area contributed by atoms with Crippen molar-refractivity contribution >= 4 is 31.4 Å². The van der Waals surface area contributed by atoms with Gasteiger partial charge in [-0.2, -0.15) is 0 Å². The molecular formula is C6H6BrN2O2P. The van der Waals surface area contributed by atoms with Gasteiger partial charge in [-0.3, -0.25) is 0 Å². The molecule has 0 spiro atoms. The number of nitrogens with zero attached hydrogens (tertiary/aromatic N) is 2. The summed E-state index contributed by atoms with van der Waals surface area (Å²) in [5.41, 5.74) is 1.00. The van der Waals surface area contributed by atoms with E-state index in [1.54, 1.807) is 6.20 Å². The van der Waals surface area contributed by atoms with Crippen molar-refractivity contribution in [3.05, 3.63) is 23.8 Å². The number of aromatic nitrogens is 2. The van der Waals surface area contributed by atoms with Gasteiger partial charge in [0.1, 0.15) is 6.33 Å². The number of hydrogen-bond donors (Lipinski definition) is 0. The van der Waals surface area contributed by atoms with E-state index >= 15 is 0 Å². The second-order valence-corrected chi connectivity index (χ2v) is 2.73.